The number of allylic oxidation sites excluding steroid dienone is 6. The third-order valence-corrected chi connectivity index (χ3v) is 3.20. The Bertz CT molecular complexity index is 413. The van der Waals surface area contributed by atoms with Crippen LogP contribution in [0.5, 0.6) is 0 Å². The monoisotopic (exact) mass is 220 g/mol. The summed E-state index contributed by atoms with van der Waals surface area (Å²) >= 11 is 10.5. The topological polar surface area (TPSA) is 17.1 Å². The van der Waals surface area contributed by atoms with Crippen LogP contribution in [0.3, 0.4) is 0 Å². The van der Waals surface area contributed by atoms with Gasteiger partial charge in [0, 0.05) is 15.3 Å². The quantitative estimate of drug-likeness (QED) is 0.499. The van der Waals surface area contributed by atoms with Crippen molar-refractivity contribution in [3.8, 4) is 0 Å². The molecule has 0 aliphatic heterocycles. The van der Waals surface area contributed by atoms with E-state index in [2.05, 4.69) is 0 Å². The third kappa shape index (κ3) is 1.42. The first-order chi connectivity index (χ1) is 6.74. The molecule has 0 aromatic heterocycles. The molecular formula is C11H8OS2. The Morgan fingerprint density at radius 3 is 2.79 bits per heavy atom. The summed E-state index contributed by atoms with van der Waals surface area (Å²) in [6.45, 7) is 0. The number of hydrogen-bond acceptors (Lipinski definition) is 3. The standard InChI is InChI=1S/C11H8OS2/c12-6-7-4-5-10(14)11-8(7)2-1-3-9(11)13/h1-2,4-6,11H,3H2. The maximum atomic E-state index is 10.8. The average molecular weight is 220 g/mol. The van der Waals surface area contributed by atoms with E-state index in [0.717, 1.165) is 28.0 Å². The van der Waals surface area contributed by atoms with Crippen LogP contribution in [0.1, 0.15) is 6.42 Å². The van der Waals surface area contributed by atoms with Crippen molar-refractivity contribution in [3.63, 3.8) is 0 Å². The summed E-state index contributed by atoms with van der Waals surface area (Å²) in [7, 11) is 0. The van der Waals surface area contributed by atoms with Crippen molar-refractivity contribution in [2.24, 2.45) is 5.92 Å². The van der Waals surface area contributed by atoms with Crippen LogP contribution < -0.4 is 0 Å². The van der Waals surface area contributed by atoms with Gasteiger partial charge < -0.3 is 0 Å². The molecule has 1 nitrogen and oxygen atoms in total. The Kier molecular flexibility index (Phi) is 2.52. The first-order valence-corrected chi connectivity index (χ1v) is 5.16. The molecule has 3 heteroatoms. The van der Waals surface area contributed by atoms with Crippen molar-refractivity contribution in [1.82, 2.24) is 0 Å². The van der Waals surface area contributed by atoms with Gasteiger partial charge in [0.1, 0.15) is 6.29 Å². The van der Waals surface area contributed by atoms with Gasteiger partial charge in [-0.25, -0.2) is 0 Å². The molecule has 1 atom stereocenters. The molecule has 2 rings (SSSR count). The number of rotatable bonds is 1. The van der Waals surface area contributed by atoms with Crippen LogP contribution in [-0.2, 0) is 4.79 Å². The summed E-state index contributed by atoms with van der Waals surface area (Å²) in [5.74, 6) is 0.00944. The van der Waals surface area contributed by atoms with E-state index in [1.54, 1.807) is 12.2 Å². The minimum atomic E-state index is 0.00944. The maximum Gasteiger partial charge on any atom is 0.150 e. The Labute approximate surface area is 93.2 Å². The molecule has 0 spiro atoms. The summed E-state index contributed by atoms with van der Waals surface area (Å²) in [5.41, 5.74) is 1.66. The van der Waals surface area contributed by atoms with Gasteiger partial charge in [-0.1, -0.05) is 42.7 Å². The van der Waals surface area contributed by atoms with Gasteiger partial charge in [0.2, 0.25) is 0 Å². The van der Waals surface area contributed by atoms with Gasteiger partial charge in [0.05, 0.1) is 5.92 Å². The summed E-state index contributed by atoms with van der Waals surface area (Å²) in [4.78, 5) is 12.5. The van der Waals surface area contributed by atoms with E-state index in [-0.39, 0.29) is 5.92 Å². The van der Waals surface area contributed by atoms with E-state index in [0.29, 0.717) is 5.57 Å². The molecule has 0 heterocycles. The van der Waals surface area contributed by atoms with E-state index < -0.39 is 0 Å². The smallest absolute Gasteiger partial charge is 0.150 e. The number of thiocarbonyl (C=S) groups is 2. The van der Waals surface area contributed by atoms with E-state index in [4.69, 9.17) is 24.4 Å². The Morgan fingerprint density at radius 2 is 2.07 bits per heavy atom. The first kappa shape index (κ1) is 9.62. The predicted molar refractivity (Wildman–Crippen MR) is 64.7 cm³/mol. The SMILES string of the molecule is O=CC1=C2C=CCC(=S)C2C(=S)C=C1. The highest BCUT2D eigenvalue weighted by atomic mass is 32.1. The lowest BCUT2D eigenvalue weighted by Crippen LogP contribution is -2.26. The molecule has 0 fully saturated rings. The molecule has 0 saturated carbocycles. The van der Waals surface area contributed by atoms with Gasteiger partial charge >= 0.3 is 0 Å². The molecule has 0 N–H and O–H groups in total. The largest absolute Gasteiger partial charge is 0.298 e. The fourth-order valence-corrected chi connectivity index (χ4v) is 2.50. The number of hydrogen-bond donors (Lipinski definition) is 0. The lowest BCUT2D eigenvalue weighted by molar-refractivity contribution is -0.104. The van der Waals surface area contributed by atoms with Crippen LogP contribution in [0.2, 0.25) is 0 Å². The Balaban J connectivity index is 2.58. The van der Waals surface area contributed by atoms with Gasteiger partial charge in [-0.3, -0.25) is 4.79 Å². The first-order valence-electron chi connectivity index (χ1n) is 4.34. The van der Waals surface area contributed by atoms with Gasteiger partial charge in [-0.2, -0.15) is 0 Å². The Hall–Kier alpha value is -0.930. The second kappa shape index (κ2) is 3.67. The highest BCUT2D eigenvalue weighted by molar-refractivity contribution is 7.82. The van der Waals surface area contributed by atoms with Crippen molar-refractivity contribution >= 4 is 40.5 Å². The number of carbonyl (C=O) groups is 1. The number of fused-ring (bicyclic) bond motifs is 1. The van der Waals surface area contributed by atoms with Crippen LogP contribution in [0, 0.1) is 5.92 Å². The maximum absolute atomic E-state index is 10.8. The van der Waals surface area contributed by atoms with Gasteiger partial charge in [0.15, 0.2) is 0 Å². The van der Waals surface area contributed by atoms with Crippen LogP contribution in [0.25, 0.3) is 0 Å². The predicted octanol–water partition coefficient (Wildman–Crippen LogP) is 2.37. The normalized spacial score (nSPS) is 25.3. The van der Waals surface area contributed by atoms with E-state index >= 15 is 0 Å². The Morgan fingerprint density at radius 1 is 1.29 bits per heavy atom. The molecule has 2 aliphatic carbocycles. The second-order valence-corrected chi connectivity index (χ2v) is 4.27. The van der Waals surface area contributed by atoms with Crippen molar-refractivity contribution in [2.45, 2.75) is 6.42 Å². The number of carbonyl (C=O) groups excluding carboxylic acids is 1. The lowest BCUT2D eigenvalue weighted by atomic mass is 9.80. The van der Waals surface area contributed by atoms with E-state index in [1.807, 2.05) is 12.2 Å². The molecule has 2 aliphatic rings. The molecule has 1 unspecified atom stereocenters. The molecule has 0 aromatic carbocycles. The molecule has 0 radical (unpaired) electrons. The van der Waals surface area contributed by atoms with E-state index in [9.17, 15) is 4.79 Å². The highest BCUT2D eigenvalue weighted by Gasteiger charge is 2.27. The summed E-state index contributed by atoms with van der Waals surface area (Å²) in [6, 6.07) is 0. The molecule has 70 valence electrons. The summed E-state index contributed by atoms with van der Waals surface area (Å²) < 4.78 is 0. The molecule has 0 amide bonds. The zero-order valence-electron chi connectivity index (χ0n) is 7.40. The molecule has 0 bridgehead atoms. The van der Waals surface area contributed by atoms with Crippen LogP contribution in [0.15, 0.2) is 35.5 Å². The molecular weight excluding hydrogens is 212 g/mol. The van der Waals surface area contributed by atoms with Gasteiger partial charge in [-0.05, 0) is 18.1 Å². The van der Waals surface area contributed by atoms with Crippen LogP contribution in [-0.4, -0.2) is 16.0 Å². The second-order valence-electron chi connectivity index (χ2n) is 3.27. The van der Waals surface area contributed by atoms with Gasteiger partial charge in [-0.15, -0.1) is 0 Å². The third-order valence-electron chi connectivity index (χ3n) is 2.42. The molecule has 14 heavy (non-hydrogen) atoms. The average Bonchev–Trinajstić information content (AvgIpc) is 2.18. The van der Waals surface area contributed by atoms with E-state index in [1.165, 1.54) is 0 Å². The lowest BCUT2D eigenvalue weighted by Gasteiger charge is -2.25. The van der Waals surface area contributed by atoms with Crippen molar-refractivity contribution in [2.75, 3.05) is 0 Å². The fraction of sp³-hybridized carbons (Fsp3) is 0.182. The number of aldehydes is 1. The van der Waals surface area contributed by atoms with Crippen LogP contribution >= 0.6 is 24.4 Å². The van der Waals surface area contributed by atoms with Crippen molar-refractivity contribution in [1.29, 1.82) is 0 Å². The van der Waals surface area contributed by atoms with Crippen molar-refractivity contribution in [3.05, 3.63) is 35.5 Å². The van der Waals surface area contributed by atoms with Gasteiger partial charge in [0.25, 0.3) is 0 Å². The zero-order chi connectivity index (χ0) is 10.1. The highest BCUT2D eigenvalue weighted by Crippen LogP contribution is 2.30. The minimum Gasteiger partial charge on any atom is -0.298 e. The zero-order valence-corrected chi connectivity index (χ0v) is 9.03. The van der Waals surface area contributed by atoms with Crippen molar-refractivity contribution < 1.29 is 4.79 Å². The summed E-state index contributed by atoms with van der Waals surface area (Å²) in [6.07, 6.45) is 9.15. The van der Waals surface area contributed by atoms with Crippen LogP contribution in [0.4, 0.5) is 0 Å². The fourth-order valence-electron chi connectivity index (χ4n) is 1.74. The minimum absolute atomic E-state index is 0.00944. The summed E-state index contributed by atoms with van der Waals surface area (Å²) in [5, 5.41) is 0. The molecule has 0 saturated heterocycles. The molecule has 0 aromatic rings.